The predicted molar refractivity (Wildman–Crippen MR) is 118 cm³/mol. The van der Waals surface area contributed by atoms with E-state index in [-0.39, 0.29) is 5.78 Å². The topological polar surface area (TPSA) is 55.1 Å². The molecular weight excluding hydrogens is 356 g/mol. The highest BCUT2D eigenvalue weighted by Gasteiger charge is 2.30. The smallest absolute Gasteiger partial charge is 0.174 e. The van der Waals surface area contributed by atoms with Crippen LogP contribution in [0.3, 0.4) is 0 Å². The Morgan fingerprint density at radius 3 is 2.76 bits per heavy atom. The molecule has 0 saturated heterocycles. The van der Waals surface area contributed by atoms with E-state index in [9.17, 15) is 4.79 Å². The molecule has 0 saturated carbocycles. The van der Waals surface area contributed by atoms with E-state index in [1.807, 2.05) is 12.2 Å². The monoisotopic (exact) mass is 382 g/mol. The summed E-state index contributed by atoms with van der Waals surface area (Å²) in [4.78, 5) is 11.8. The van der Waals surface area contributed by atoms with Crippen molar-refractivity contribution in [3.63, 3.8) is 0 Å². The number of rotatable bonds is 2. The first kappa shape index (κ1) is 18.1. The molecule has 5 rings (SSSR count). The van der Waals surface area contributed by atoms with Crippen molar-refractivity contribution in [2.45, 2.75) is 25.7 Å². The van der Waals surface area contributed by atoms with Gasteiger partial charge in [-0.25, -0.2) is 0 Å². The highest BCUT2D eigenvalue weighted by Crippen LogP contribution is 2.46. The van der Waals surface area contributed by atoms with Crippen molar-refractivity contribution in [1.82, 2.24) is 5.32 Å². The molecule has 2 atom stereocenters. The fourth-order valence-corrected chi connectivity index (χ4v) is 5.10. The van der Waals surface area contributed by atoms with Crippen molar-refractivity contribution in [3.8, 4) is 11.1 Å². The molecule has 2 aromatic rings. The Balaban J connectivity index is 1.68. The Bertz CT molecular complexity index is 1090. The van der Waals surface area contributed by atoms with Crippen LogP contribution >= 0.6 is 0 Å². The number of ketones is 1. The number of carbonyl (C=O) groups is 1. The molecule has 2 unspecified atom stereocenters. The van der Waals surface area contributed by atoms with Crippen LogP contribution in [-0.4, -0.2) is 18.9 Å². The number of fused-ring (bicyclic) bond motifs is 5. The third kappa shape index (κ3) is 3.06. The molecule has 0 radical (unpaired) electrons. The second-order valence-electron chi connectivity index (χ2n) is 8.35. The SMILES string of the molecule is CC1Cc2ccccc2-c2ccc3c(c21)CC(CN)C=C3C1=CC=CC(=O)CN1. The Hall–Kier alpha value is -2.91. The minimum atomic E-state index is 0.0962. The Morgan fingerprint density at radius 1 is 1.07 bits per heavy atom. The molecule has 2 aliphatic carbocycles. The molecule has 1 aliphatic heterocycles. The van der Waals surface area contributed by atoms with E-state index >= 15 is 0 Å². The van der Waals surface area contributed by atoms with Crippen LogP contribution in [-0.2, 0) is 17.6 Å². The molecule has 0 bridgehead atoms. The van der Waals surface area contributed by atoms with E-state index in [0.29, 0.717) is 24.9 Å². The largest absolute Gasteiger partial charge is 0.377 e. The molecule has 29 heavy (non-hydrogen) atoms. The van der Waals surface area contributed by atoms with Crippen LogP contribution in [0.4, 0.5) is 0 Å². The van der Waals surface area contributed by atoms with Gasteiger partial charge in [-0.3, -0.25) is 4.79 Å². The molecule has 3 N–H and O–H groups in total. The number of benzene rings is 2. The van der Waals surface area contributed by atoms with Crippen molar-refractivity contribution in [2.75, 3.05) is 13.1 Å². The summed E-state index contributed by atoms with van der Waals surface area (Å²) in [7, 11) is 0. The Labute approximate surface area is 172 Å². The minimum absolute atomic E-state index is 0.0962. The molecule has 1 heterocycles. The average Bonchev–Trinajstić information content (AvgIpc) is 2.96. The van der Waals surface area contributed by atoms with Gasteiger partial charge in [0.05, 0.1) is 6.54 Å². The first-order valence-electron chi connectivity index (χ1n) is 10.5. The van der Waals surface area contributed by atoms with Gasteiger partial charge in [0.1, 0.15) is 0 Å². The average molecular weight is 383 g/mol. The molecule has 0 aromatic heterocycles. The van der Waals surface area contributed by atoms with Gasteiger partial charge in [0, 0.05) is 11.3 Å². The second-order valence-corrected chi connectivity index (χ2v) is 8.35. The molecule has 3 aliphatic rings. The van der Waals surface area contributed by atoms with E-state index in [1.165, 1.54) is 39.0 Å². The van der Waals surface area contributed by atoms with Crippen LogP contribution in [0.15, 0.2) is 66.4 Å². The normalized spacial score (nSPS) is 22.5. The summed E-state index contributed by atoms with van der Waals surface area (Å²) in [5, 5.41) is 3.33. The zero-order valence-corrected chi connectivity index (χ0v) is 16.7. The predicted octanol–water partition coefficient (Wildman–Crippen LogP) is 4.14. The molecule has 3 nitrogen and oxygen atoms in total. The second kappa shape index (κ2) is 7.16. The van der Waals surface area contributed by atoms with Gasteiger partial charge in [-0.2, -0.15) is 0 Å². The Morgan fingerprint density at radius 2 is 1.90 bits per heavy atom. The third-order valence-electron chi connectivity index (χ3n) is 6.43. The lowest BCUT2D eigenvalue weighted by Crippen LogP contribution is -2.26. The molecule has 0 spiro atoms. The Kier molecular flexibility index (Phi) is 4.48. The maximum atomic E-state index is 11.8. The molecule has 146 valence electrons. The summed E-state index contributed by atoms with van der Waals surface area (Å²) >= 11 is 0. The fourth-order valence-electron chi connectivity index (χ4n) is 5.10. The standard InChI is InChI=1S/C26H26N2O/c1-16-11-18-5-2-3-7-20(18)22-10-9-21-23(25-8-4-6-19(29)15-28-25)12-17(14-27)13-24(21)26(16)22/h2-10,12,16-17,28H,11,13-15,27H2,1H3. The number of hydrogen-bond donors (Lipinski definition) is 2. The van der Waals surface area contributed by atoms with E-state index in [1.54, 1.807) is 6.08 Å². The zero-order chi connectivity index (χ0) is 20.0. The highest BCUT2D eigenvalue weighted by molar-refractivity contribution is 5.94. The molecular formula is C26H26N2O. The summed E-state index contributed by atoms with van der Waals surface area (Å²) in [6, 6.07) is 13.3. The van der Waals surface area contributed by atoms with Gasteiger partial charge >= 0.3 is 0 Å². The highest BCUT2D eigenvalue weighted by atomic mass is 16.1. The van der Waals surface area contributed by atoms with E-state index in [2.05, 4.69) is 54.7 Å². The summed E-state index contributed by atoms with van der Waals surface area (Å²) in [5.74, 6) is 0.878. The van der Waals surface area contributed by atoms with Crippen molar-refractivity contribution < 1.29 is 4.79 Å². The third-order valence-corrected chi connectivity index (χ3v) is 6.43. The zero-order valence-electron chi connectivity index (χ0n) is 16.7. The molecule has 2 aromatic carbocycles. The van der Waals surface area contributed by atoms with E-state index < -0.39 is 0 Å². The summed E-state index contributed by atoms with van der Waals surface area (Å²) in [6.45, 7) is 3.30. The summed E-state index contributed by atoms with van der Waals surface area (Å²) in [6.07, 6.45) is 9.84. The van der Waals surface area contributed by atoms with Crippen LogP contribution in [0.2, 0.25) is 0 Å². The van der Waals surface area contributed by atoms with Crippen LogP contribution in [0.25, 0.3) is 16.7 Å². The number of nitrogens with one attached hydrogen (secondary N) is 1. The van der Waals surface area contributed by atoms with Crippen molar-refractivity contribution in [1.29, 1.82) is 0 Å². The van der Waals surface area contributed by atoms with E-state index in [0.717, 1.165) is 18.5 Å². The van der Waals surface area contributed by atoms with Crippen LogP contribution in [0, 0.1) is 5.92 Å². The van der Waals surface area contributed by atoms with Gasteiger partial charge in [0.15, 0.2) is 5.78 Å². The van der Waals surface area contributed by atoms with Crippen LogP contribution < -0.4 is 11.1 Å². The van der Waals surface area contributed by atoms with Gasteiger partial charge in [-0.1, -0.05) is 55.5 Å². The van der Waals surface area contributed by atoms with Gasteiger partial charge in [-0.05, 0) is 76.8 Å². The van der Waals surface area contributed by atoms with Gasteiger partial charge in [-0.15, -0.1) is 0 Å². The van der Waals surface area contributed by atoms with Crippen LogP contribution in [0.1, 0.15) is 35.1 Å². The van der Waals surface area contributed by atoms with Crippen LogP contribution in [0.5, 0.6) is 0 Å². The lowest BCUT2D eigenvalue weighted by molar-refractivity contribution is -0.113. The maximum Gasteiger partial charge on any atom is 0.174 e. The van der Waals surface area contributed by atoms with Gasteiger partial charge in [0.2, 0.25) is 0 Å². The van der Waals surface area contributed by atoms with Crippen molar-refractivity contribution >= 4 is 11.4 Å². The van der Waals surface area contributed by atoms with Gasteiger partial charge in [0.25, 0.3) is 0 Å². The lowest BCUT2D eigenvalue weighted by Gasteiger charge is -2.33. The van der Waals surface area contributed by atoms with Crippen molar-refractivity contribution in [3.05, 3.63) is 88.7 Å². The van der Waals surface area contributed by atoms with Crippen molar-refractivity contribution in [2.24, 2.45) is 11.7 Å². The molecule has 0 fully saturated rings. The summed E-state index contributed by atoms with van der Waals surface area (Å²) in [5.41, 5.74) is 16.7. The fraction of sp³-hybridized carbons (Fsp3) is 0.269. The number of allylic oxidation sites excluding steroid dienone is 3. The first-order chi connectivity index (χ1) is 14.2. The number of hydrogen-bond acceptors (Lipinski definition) is 3. The number of nitrogens with two attached hydrogens (primary N) is 1. The maximum absolute atomic E-state index is 11.8. The minimum Gasteiger partial charge on any atom is -0.377 e. The quantitative estimate of drug-likeness (QED) is 0.821. The van der Waals surface area contributed by atoms with E-state index in [4.69, 9.17) is 5.73 Å². The summed E-state index contributed by atoms with van der Waals surface area (Å²) < 4.78 is 0. The lowest BCUT2D eigenvalue weighted by atomic mass is 9.72. The first-order valence-corrected chi connectivity index (χ1v) is 10.5. The van der Waals surface area contributed by atoms with Gasteiger partial charge < -0.3 is 11.1 Å². The molecule has 3 heteroatoms. The molecule has 0 amide bonds. The number of carbonyl (C=O) groups excluding carboxylic acids is 1.